The van der Waals surface area contributed by atoms with E-state index < -0.39 is 0 Å². The molecule has 24 heavy (non-hydrogen) atoms. The van der Waals surface area contributed by atoms with Gasteiger partial charge in [-0.05, 0) is 43.7 Å². The number of aliphatic imine (C=N–C) groups is 1. The Kier molecular flexibility index (Phi) is 7.11. The molecule has 2 aromatic carbocycles. The number of hydrogen-bond acceptors (Lipinski definition) is 3. The lowest BCUT2D eigenvalue weighted by Gasteiger charge is -2.11. The minimum absolute atomic E-state index is 0.159. The zero-order valence-corrected chi connectivity index (χ0v) is 14.2. The molecule has 0 amide bonds. The Morgan fingerprint density at radius 3 is 2.46 bits per heavy atom. The van der Waals surface area contributed by atoms with Crippen molar-refractivity contribution in [3.8, 4) is 5.75 Å². The van der Waals surface area contributed by atoms with E-state index in [0.717, 1.165) is 17.0 Å². The summed E-state index contributed by atoms with van der Waals surface area (Å²) >= 11 is 0. The Morgan fingerprint density at radius 1 is 1.08 bits per heavy atom. The van der Waals surface area contributed by atoms with Gasteiger partial charge in [-0.15, -0.1) is 0 Å². The molecule has 0 fully saturated rings. The fourth-order valence-electron chi connectivity index (χ4n) is 2.07. The van der Waals surface area contributed by atoms with Gasteiger partial charge < -0.3 is 20.5 Å². The molecule has 0 saturated heterocycles. The first-order valence-electron chi connectivity index (χ1n) is 8.09. The molecule has 5 heteroatoms. The van der Waals surface area contributed by atoms with Crippen LogP contribution in [0.3, 0.4) is 0 Å². The molecular formula is C19H25N3O2. The van der Waals surface area contributed by atoms with E-state index in [4.69, 9.17) is 15.2 Å². The molecule has 0 aliphatic rings. The zero-order chi connectivity index (χ0) is 17.2. The van der Waals surface area contributed by atoms with E-state index in [1.54, 1.807) is 0 Å². The Labute approximate surface area is 143 Å². The zero-order valence-electron chi connectivity index (χ0n) is 14.2. The van der Waals surface area contributed by atoms with Crippen LogP contribution in [-0.4, -0.2) is 25.2 Å². The lowest BCUT2D eigenvalue weighted by atomic mass is 10.2. The second kappa shape index (κ2) is 9.57. The van der Waals surface area contributed by atoms with Crippen LogP contribution in [0.1, 0.15) is 19.4 Å². The summed E-state index contributed by atoms with van der Waals surface area (Å²) < 4.78 is 11.2. The van der Waals surface area contributed by atoms with Gasteiger partial charge in [-0.2, -0.15) is 0 Å². The molecule has 0 heterocycles. The molecule has 0 radical (unpaired) electrons. The summed E-state index contributed by atoms with van der Waals surface area (Å²) in [6.45, 7) is 5.62. The highest BCUT2D eigenvalue weighted by Crippen LogP contribution is 2.16. The van der Waals surface area contributed by atoms with Crippen molar-refractivity contribution >= 4 is 11.6 Å². The SMILES string of the molecule is CC(C)Oc1ccc(NC(N)=NCCOCc2ccccc2)cc1. The first-order chi connectivity index (χ1) is 11.6. The van der Waals surface area contributed by atoms with Crippen molar-refractivity contribution in [1.29, 1.82) is 0 Å². The van der Waals surface area contributed by atoms with Gasteiger partial charge in [-0.3, -0.25) is 4.99 Å². The number of benzene rings is 2. The smallest absolute Gasteiger partial charge is 0.193 e. The number of guanidine groups is 1. The molecule has 3 N–H and O–H groups in total. The molecule has 2 rings (SSSR count). The van der Waals surface area contributed by atoms with Crippen LogP contribution in [0, 0.1) is 0 Å². The molecular weight excluding hydrogens is 302 g/mol. The normalized spacial score (nSPS) is 11.5. The molecule has 128 valence electrons. The third-order valence-electron chi connectivity index (χ3n) is 3.13. The van der Waals surface area contributed by atoms with Crippen molar-refractivity contribution in [3.05, 3.63) is 60.2 Å². The first-order valence-corrected chi connectivity index (χ1v) is 8.09. The maximum absolute atomic E-state index is 5.87. The second-order valence-corrected chi connectivity index (χ2v) is 5.62. The summed E-state index contributed by atoms with van der Waals surface area (Å²) in [5.41, 5.74) is 7.89. The predicted octanol–water partition coefficient (Wildman–Crippen LogP) is 3.42. The molecule has 0 aromatic heterocycles. The van der Waals surface area contributed by atoms with Gasteiger partial charge in [0.1, 0.15) is 5.75 Å². The van der Waals surface area contributed by atoms with Gasteiger partial charge in [0.15, 0.2) is 5.96 Å². The van der Waals surface area contributed by atoms with Crippen LogP contribution in [0.2, 0.25) is 0 Å². The van der Waals surface area contributed by atoms with E-state index in [9.17, 15) is 0 Å². The van der Waals surface area contributed by atoms with Crippen LogP contribution >= 0.6 is 0 Å². The Hall–Kier alpha value is -2.53. The monoisotopic (exact) mass is 327 g/mol. The van der Waals surface area contributed by atoms with Gasteiger partial charge >= 0.3 is 0 Å². The van der Waals surface area contributed by atoms with E-state index in [1.165, 1.54) is 0 Å². The van der Waals surface area contributed by atoms with Gasteiger partial charge in [-0.25, -0.2) is 0 Å². The summed E-state index contributed by atoms with van der Waals surface area (Å²) in [5, 5.41) is 3.05. The average molecular weight is 327 g/mol. The topological polar surface area (TPSA) is 68.9 Å². The van der Waals surface area contributed by atoms with E-state index in [0.29, 0.717) is 25.7 Å². The van der Waals surface area contributed by atoms with Crippen LogP contribution in [0.4, 0.5) is 5.69 Å². The first kappa shape index (κ1) is 17.8. The lowest BCUT2D eigenvalue weighted by Crippen LogP contribution is -2.23. The van der Waals surface area contributed by atoms with Crippen molar-refractivity contribution in [1.82, 2.24) is 0 Å². The van der Waals surface area contributed by atoms with E-state index >= 15 is 0 Å². The van der Waals surface area contributed by atoms with Gasteiger partial charge in [0.05, 0.1) is 25.9 Å². The maximum atomic E-state index is 5.87. The van der Waals surface area contributed by atoms with Crippen molar-refractivity contribution < 1.29 is 9.47 Å². The van der Waals surface area contributed by atoms with E-state index in [1.807, 2.05) is 68.4 Å². The van der Waals surface area contributed by atoms with Crippen LogP contribution in [0.15, 0.2) is 59.6 Å². The summed E-state index contributed by atoms with van der Waals surface area (Å²) in [6.07, 6.45) is 0.159. The maximum Gasteiger partial charge on any atom is 0.193 e. The number of nitrogens with zero attached hydrogens (tertiary/aromatic N) is 1. The van der Waals surface area contributed by atoms with Crippen LogP contribution in [0.25, 0.3) is 0 Å². The minimum atomic E-state index is 0.159. The van der Waals surface area contributed by atoms with Crippen molar-refractivity contribution in [2.24, 2.45) is 10.7 Å². The van der Waals surface area contributed by atoms with E-state index in [-0.39, 0.29) is 6.10 Å². The number of nitrogens with two attached hydrogens (primary N) is 1. The summed E-state index contributed by atoms with van der Waals surface area (Å²) in [4.78, 5) is 4.25. The predicted molar refractivity (Wildman–Crippen MR) is 98.4 cm³/mol. The highest BCUT2D eigenvalue weighted by Gasteiger charge is 1.99. The van der Waals surface area contributed by atoms with Crippen molar-refractivity contribution in [2.75, 3.05) is 18.5 Å². The fourth-order valence-corrected chi connectivity index (χ4v) is 2.07. The highest BCUT2D eigenvalue weighted by molar-refractivity contribution is 5.92. The van der Waals surface area contributed by atoms with Crippen molar-refractivity contribution in [2.45, 2.75) is 26.6 Å². The largest absolute Gasteiger partial charge is 0.491 e. The van der Waals surface area contributed by atoms with Crippen LogP contribution in [0.5, 0.6) is 5.75 Å². The molecule has 2 aromatic rings. The minimum Gasteiger partial charge on any atom is -0.491 e. The van der Waals surface area contributed by atoms with Gasteiger partial charge in [0.2, 0.25) is 0 Å². The summed E-state index contributed by atoms with van der Waals surface area (Å²) in [5.74, 6) is 1.20. The number of hydrogen-bond donors (Lipinski definition) is 2. The van der Waals surface area contributed by atoms with Crippen LogP contribution in [-0.2, 0) is 11.3 Å². The Bertz CT molecular complexity index is 625. The molecule has 0 aliphatic carbocycles. The molecule has 0 atom stereocenters. The van der Waals surface area contributed by atoms with Gasteiger partial charge in [0.25, 0.3) is 0 Å². The third-order valence-corrected chi connectivity index (χ3v) is 3.13. The Balaban J connectivity index is 1.69. The number of rotatable bonds is 8. The fraction of sp³-hybridized carbons (Fsp3) is 0.316. The molecule has 0 spiro atoms. The second-order valence-electron chi connectivity index (χ2n) is 5.62. The van der Waals surface area contributed by atoms with Crippen LogP contribution < -0.4 is 15.8 Å². The quantitative estimate of drug-likeness (QED) is 0.443. The van der Waals surface area contributed by atoms with Crippen molar-refractivity contribution in [3.63, 3.8) is 0 Å². The van der Waals surface area contributed by atoms with E-state index in [2.05, 4.69) is 10.3 Å². The molecule has 5 nitrogen and oxygen atoms in total. The highest BCUT2D eigenvalue weighted by atomic mass is 16.5. The number of ether oxygens (including phenoxy) is 2. The molecule has 0 saturated carbocycles. The number of nitrogens with one attached hydrogen (secondary N) is 1. The van der Waals surface area contributed by atoms with Gasteiger partial charge in [-0.1, -0.05) is 30.3 Å². The summed E-state index contributed by atoms with van der Waals surface area (Å²) in [7, 11) is 0. The average Bonchev–Trinajstić information content (AvgIpc) is 2.57. The molecule has 0 unspecified atom stereocenters. The molecule has 0 aliphatic heterocycles. The van der Waals surface area contributed by atoms with Gasteiger partial charge in [0, 0.05) is 5.69 Å². The number of anilines is 1. The standard InChI is InChI=1S/C19H25N3O2/c1-15(2)24-18-10-8-17(9-11-18)22-19(20)21-12-13-23-14-16-6-4-3-5-7-16/h3-11,15H,12-14H2,1-2H3,(H3,20,21,22). The Morgan fingerprint density at radius 2 is 1.79 bits per heavy atom. The third kappa shape index (κ3) is 6.71. The summed E-state index contributed by atoms with van der Waals surface area (Å²) in [6, 6.07) is 17.7. The lowest BCUT2D eigenvalue weighted by molar-refractivity contribution is 0.128. The molecule has 0 bridgehead atoms.